The van der Waals surface area contributed by atoms with Crippen LogP contribution >= 0.6 is 25.3 Å². The molecule has 0 radical (unpaired) electrons. The van der Waals surface area contributed by atoms with Crippen molar-refractivity contribution in [3.8, 4) is 0 Å². The summed E-state index contributed by atoms with van der Waals surface area (Å²) in [5, 5.41) is 0. The van der Waals surface area contributed by atoms with Crippen molar-refractivity contribution in [1.82, 2.24) is 0 Å². The number of rotatable bonds is 6. The lowest BCUT2D eigenvalue weighted by Gasteiger charge is -2.43. The van der Waals surface area contributed by atoms with Crippen LogP contribution in [0.5, 0.6) is 0 Å². The van der Waals surface area contributed by atoms with Gasteiger partial charge in [-0.2, -0.15) is 25.3 Å². The Morgan fingerprint density at radius 1 is 0.818 bits per heavy atom. The van der Waals surface area contributed by atoms with Gasteiger partial charge in [0.2, 0.25) is 0 Å². The first kappa shape index (κ1) is 19.7. The monoisotopic (exact) mass is 348 g/mol. The zero-order valence-corrected chi connectivity index (χ0v) is 15.7. The highest BCUT2D eigenvalue weighted by molar-refractivity contribution is 7.81. The van der Waals surface area contributed by atoms with Gasteiger partial charge in [0.1, 0.15) is 11.2 Å². The standard InChI is InChI=1S/C16H28O4S2/c1-15(2,19-13(17)9-21)11-5-7-12(8-6-11)16(3,4)20-14(18)10-22/h11-12,21-22H,5-10H2,1-4H3. The third-order valence-electron chi connectivity index (χ3n) is 4.71. The molecule has 0 spiro atoms. The van der Waals surface area contributed by atoms with Crippen LogP contribution in [0.15, 0.2) is 0 Å². The Morgan fingerprint density at radius 2 is 1.09 bits per heavy atom. The Labute approximate surface area is 144 Å². The summed E-state index contributed by atoms with van der Waals surface area (Å²) in [4.78, 5) is 23.0. The van der Waals surface area contributed by atoms with Gasteiger partial charge in [0.05, 0.1) is 11.5 Å². The summed E-state index contributed by atoms with van der Waals surface area (Å²) in [5.74, 6) is 0.293. The van der Waals surface area contributed by atoms with E-state index in [2.05, 4.69) is 25.3 Å². The van der Waals surface area contributed by atoms with Crippen molar-refractivity contribution >= 4 is 37.2 Å². The zero-order valence-electron chi connectivity index (χ0n) is 13.9. The van der Waals surface area contributed by atoms with E-state index in [0.717, 1.165) is 25.7 Å². The maximum absolute atomic E-state index is 11.5. The minimum absolute atomic E-state index is 0.103. The van der Waals surface area contributed by atoms with Crippen LogP contribution in [0.25, 0.3) is 0 Å². The molecule has 4 nitrogen and oxygen atoms in total. The van der Waals surface area contributed by atoms with Gasteiger partial charge in [-0.3, -0.25) is 9.59 Å². The van der Waals surface area contributed by atoms with Crippen LogP contribution in [0.3, 0.4) is 0 Å². The number of hydrogen-bond acceptors (Lipinski definition) is 6. The van der Waals surface area contributed by atoms with Gasteiger partial charge < -0.3 is 9.47 Å². The van der Waals surface area contributed by atoms with Gasteiger partial charge in [-0.15, -0.1) is 0 Å². The number of ether oxygens (including phenoxy) is 2. The summed E-state index contributed by atoms with van der Waals surface area (Å²) in [6.45, 7) is 7.85. The normalized spacial score (nSPS) is 23.0. The summed E-state index contributed by atoms with van der Waals surface area (Å²) in [7, 11) is 0. The number of esters is 2. The van der Waals surface area contributed by atoms with Crippen molar-refractivity contribution in [3.05, 3.63) is 0 Å². The molecule has 0 atom stereocenters. The van der Waals surface area contributed by atoms with E-state index in [0.29, 0.717) is 11.8 Å². The van der Waals surface area contributed by atoms with Gasteiger partial charge in [-0.1, -0.05) is 0 Å². The number of carbonyl (C=O) groups is 2. The average Bonchev–Trinajstić information content (AvgIpc) is 2.46. The maximum atomic E-state index is 11.5. The van der Waals surface area contributed by atoms with Crippen LogP contribution in [0.2, 0.25) is 0 Å². The van der Waals surface area contributed by atoms with Gasteiger partial charge >= 0.3 is 11.9 Å². The van der Waals surface area contributed by atoms with Gasteiger partial charge in [-0.25, -0.2) is 0 Å². The van der Waals surface area contributed by atoms with E-state index >= 15 is 0 Å². The fourth-order valence-electron chi connectivity index (χ4n) is 3.30. The lowest BCUT2D eigenvalue weighted by molar-refractivity contribution is -0.166. The Bertz CT molecular complexity index is 361. The fourth-order valence-corrected chi connectivity index (χ4v) is 3.43. The summed E-state index contributed by atoms with van der Waals surface area (Å²) in [5.41, 5.74) is -0.951. The molecular weight excluding hydrogens is 320 g/mol. The molecule has 128 valence electrons. The Balaban J connectivity index is 2.58. The predicted molar refractivity (Wildman–Crippen MR) is 93.5 cm³/mol. The number of hydrogen-bond donors (Lipinski definition) is 2. The predicted octanol–water partition coefficient (Wildman–Crippen LogP) is 3.30. The molecule has 1 fully saturated rings. The SMILES string of the molecule is CC(C)(OC(=O)CS)C1CCC(C(C)(C)OC(=O)CS)CC1. The molecule has 1 saturated carbocycles. The minimum Gasteiger partial charge on any atom is -0.459 e. The molecule has 0 aromatic carbocycles. The lowest BCUT2D eigenvalue weighted by atomic mass is 9.70. The van der Waals surface area contributed by atoms with E-state index in [9.17, 15) is 9.59 Å². The molecule has 6 heteroatoms. The first-order chi connectivity index (χ1) is 10.1. The van der Waals surface area contributed by atoms with Crippen LogP contribution < -0.4 is 0 Å². The second-order valence-corrected chi connectivity index (χ2v) is 7.65. The second-order valence-electron chi connectivity index (χ2n) is 7.02. The third-order valence-corrected chi connectivity index (χ3v) is 5.22. The van der Waals surface area contributed by atoms with Crippen molar-refractivity contribution in [2.45, 2.75) is 64.6 Å². The molecule has 0 heterocycles. The van der Waals surface area contributed by atoms with Crippen molar-refractivity contribution < 1.29 is 19.1 Å². The van der Waals surface area contributed by atoms with Crippen LogP contribution in [-0.2, 0) is 19.1 Å². The van der Waals surface area contributed by atoms with Crippen molar-refractivity contribution in [2.24, 2.45) is 11.8 Å². The molecule has 0 bridgehead atoms. The molecule has 22 heavy (non-hydrogen) atoms. The lowest BCUT2D eigenvalue weighted by Crippen LogP contribution is -2.43. The largest absolute Gasteiger partial charge is 0.459 e. The smallest absolute Gasteiger partial charge is 0.316 e. The number of carbonyl (C=O) groups excluding carboxylic acids is 2. The molecule has 0 amide bonds. The highest BCUT2D eigenvalue weighted by Gasteiger charge is 2.41. The van der Waals surface area contributed by atoms with Crippen molar-refractivity contribution in [2.75, 3.05) is 11.5 Å². The Kier molecular flexibility index (Phi) is 7.12. The molecule has 0 unspecified atom stereocenters. The quantitative estimate of drug-likeness (QED) is 0.571. The topological polar surface area (TPSA) is 52.6 Å². The van der Waals surface area contributed by atoms with Crippen LogP contribution in [0.1, 0.15) is 53.4 Å². The van der Waals surface area contributed by atoms with Gasteiger partial charge in [0, 0.05) is 0 Å². The summed E-state index contributed by atoms with van der Waals surface area (Å²) in [6.07, 6.45) is 3.83. The summed E-state index contributed by atoms with van der Waals surface area (Å²) < 4.78 is 11.0. The highest BCUT2D eigenvalue weighted by Crippen LogP contribution is 2.42. The van der Waals surface area contributed by atoms with Crippen LogP contribution in [0.4, 0.5) is 0 Å². The van der Waals surface area contributed by atoms with E-state index < -0.39 is 11.2 Å². The third kappa shape index (κ3) is 5.37. The molecule has 1 rings (SSSR count). The molecule has 0 N–H and O–H groups in total. The Morgan fingerprint density at radius 3 is 1.32 bits per heavy atom. The maximum Gasteiger partial charge on any atom is 0.316 e. The fraction of sp³-hybridized carbons (Fsp3) is 0.875. The van der Waals surface area contributed by atoms with E-state index in [1.807, 2.05) is 27.7 Å². The Hall–Kier alpha value is -0.360. The molecule has 1 aliphatic rings. The molecule has 0 aromatic rings. The first-order valence-corrected chi connectivity index (χ1v) is 9.04. The van der Waals surface area contributed by atoms with E-state index in [1.54, 1.807) is 0 Å². The highest BCUT2D eigenvalue weighted by atomic mass is 32.1. The molecule has 0 aromatic heterocycles. The molecule has 0 saturated heterocycles. The average molecular weight is 349 g/mol. The van der Waals surface area contributed by atoms with E-state index in [-0.39, 0.29) is 23.4 Å². The summed E-state index contributed by atoms with van der Waals surface area (Å²) in [6, 6.07) is 0. The molecular formula is C16H28O4S2. The summed E-state index contributed by atoms with van der Waals surface area (Å²) >= 11 is 7.91. The van der Waals surface area contributed by atoms with E-state index in [1.165, 1.54) is 0 Å². The van der Waals surface area contributed by atoms with Crippen LogP contribution in [-0.4, -0.2) is 34.6 Å². The van der Waals surface area contributed by atoms with Crippen molar-refractivity contribution in [1.29, 1.82) is 0 Å². The van der Waals surface area contributed by atoms with Crippen LogP contribution in [0, 0.1) is 11.8 Å². The van der Waals surface area contributed by atoms with Gasteiger partial charge in [0.15, 0.2) is 0 Å². The molecule has 1 aliphatic carbocycles. The van der Waals surface area contributed by atoms with E-state index in [4.69, 9.17) is 9.47 Å². The van der Waals surface area contributed by atoms with Gasteiger partial charge in [0.25, 0.3) is 0 Å². The van der Waals surface area contributed by atoms with Gasteiger partial charge in [-0.05, 0) is 65.2 Å². The minimum atomic E-state index is -0.475. The zero-order chi connectivity index (χ0) is 17.0. The first-order valence-electron chi connectivity index (χ1n) is 7.77. The van der Waals surface area contributed by atoms with Crippen molar-refractivity contribution in [3.63, 3.8) is 0 Å². The number of thiol groups is 2. The second kappa shape index (κ2) is 7.95. The molecule has 0 aliphatic heterocycles.